The molecule has 1 nitrogen and oxygen atoms in total. The minimum Gasteiger partial charge on any atom is -0.374 e. The summed E-state index contributed by atoms with van der Waals surface area (Å²) in [6.07, 6.45) is 14.7. The Morgan fingerprint density at radius 3 is 1.92 bits per heavy atom. The Bertz CT molecular complexity index is 499. The molecule has 140 valence electrons. The summed E-state index contributed by atoms with van der Waals surface area (Å²) in [6.45, 7) is 7.49. The fraction of sp³-hybridized carbons (Fsp3) is 0.750. The van der Waals surface area contributed by atoms with Crippen LogP contribution >= 0.6 is 0 Å². The van der Waals surface area contributed by atoms with Gasteiger partial charge in [-0.2, -0.15) is 0 Å². The Morgan fingerprint density at radius 1 is 0.800 bits per heavy atom. The number of aryl methyl sites for hydroxylation is 2. The molecule has 0 atom stereocenters. The van der Waals surface area contributed by atoms with Gasteiger partial charge < -0.3 is 4.74 Å². The van der Waals surface area contributed by atoms with Crippen molar-refractivity contribution >= 4 is 0 Å². The number of benzene rings is 1. The van der Waals surface area contributed by atoms with Gasteiger partial charge in [-0.1, -0.05) is 61.9 Å². The first-order chi connectivity index (χ1) is 12.1. The molecule has 0 radical (unpaired) electrons. The van der Waals surface area contributed by atoms with E-state index < -0.39 is 0 Å². The lowest BCUT2D eigenvalue weighted by atomic mass is 9.70. The SMILES string of the molecule is CCCC1CCC(C2CCC(OCc3cc(C)cc(C)c3)CC2)CC1. The first-order valence-corrected chi connectivity index (χ1v) is 10.8. The van der Waals surface area contributed by atoms with Crippen molar-refractivity contribution in [1.82, 2.24) is 0 Å². The highest BCUT2D eigenvalue weighted by molar-refractivity contribution is 5.28. The highest BCUT2D eigenvalue weighted by Crippen LogP contribution is 2.41. The van der Waals surface area contributed by atoms with Crippen LogP contribution in [0, 0.1) is 31.6 Å². The van der Waals surface area contributed by atoms with Gasteiger partial charge in [0.15, 0.2) is 0 Å². The van der Waals surface area contributed by atoms with Crippen LogP contribution in [-0.4, -0.2) is 6.10 Å². The summed E-state index contributed by atoms with van der Waals surface area (Å²) >= 11 is 0. The van der Waals surface area contributed by atoms with E-state index in [4.69, 9.17) is 4.74 Å². The summed E-state index contributed by atoms with van der Waals surface area (Å²) in [7, 11) is 0. The average Bonchev–Trinajstić information content (AvgIpc) is 2.61. The molecular weight excluding hydrogens is 304 g/mol. The molecule has 0 N–H and O–H groups in total. The molecule has 0 bridgehead atoms. The zero-order valence-electron chi connectivity index (χ0n) is 16.7. The van der Waals surface area contributed by atoms with Crippen LogP contribution in [0.2, 0.25) is 0 Å². The molecule has 0 aromatic heterocycles. The van der Waals surface area contributed by atoms with Gasteiger partial charge in [-0.25, -0.2) is 0 Å². The molecule has 1 aromatic rings. The minimum atomic E-state index is 0.494. The van der Waals surface area contributed by atoms with Crippen molar-refractivity contribution in [1.29, 1.82) is 0 Å². The maximum atomic E-state index is 6.26. The third-order valence-corrected chi connectivity index (χ3v) is 6.74. The molecule has 2 fully saturated rings. The highest BCUT2D eigenvalue weighted by atomic mass is 16.5. The summed E-state index contributed by atoms with van der Waals surface area (Å²) < 4.78 is 6.26. The van der Waals surface area contributed by atoms with Crippen LogP contribution in [0.15, 0.2) is 18.2 Å². The van der Waals surface area contributed by atoms with Gasteiger partial charge in [0.25, 0.3) is 0 Å². The summed E-state index contributed by atoms with van der Waals surface area (Å²) in [5, 5.41) is 0. The van der Waals surface area contributed by atoms with Crippen molar-refractivity contribution < 1.29 is 4.74 Å². The van der Waals surface area contributed by atoms with E-state index in [-0.39, 0.29) is 0 Å². The van der Waals surface area contributed by atoms with Crippen molar-refractivity contribution in [2.75, 3.05) is 0 Å². The molecular formula is C24H38O. The van der Waals surface area contributed by atoms with Crippen LogP contribution < -0.4 is 0 Å². The first kappa shape index (κ1) is 19.0. The topological polar surface area (TPSA) is 9.23 Å². The van der Waals surface area contributed by atoms with E-state index in [9.17, 15) is 0 Å². The van der Waals surface area contributed by atoms with Gasteiger partial charge in [0.2, 0.25) is 0 Å². The zero-order chi connectivity index (χ0) is 17.6. The molecule has 1 heteroatoms. The van der Waals surface area contributed by atoms with Gasteiger partial charge >= 0.3 is 0 Å². The largest absolute Gasteiger partial charge is 0.374 e. The van der Waals surface area contributed by atoms with E-state index in [1.807, 2.05) is 0 Å². The maximum Gasteiger partial charge on any atom is 0.0720 e. The van der Waals surface area contributed by atoms with Gasteiger partial charge in [0.05, 0.1) is 12.7 Å². The number of rotatable bonds is 6. The average molecular weight is 343 g/mol. The molecule has 0 amide bonds. The van der Waals surface area contributed by atoms with Crippen molar-refractivity contribution in [2.24, 2.45) is 17.8 Å². The number of ether oxygens (including phenoxy) is 1. The van der Waals surface area contributed by atoms with E-state index in [2.05, 4.69) is 39.0 Å². The third-order valence-electron chi connectivity index (χ3n) is 6.74. The van der Waals surface area contributed by atoms with E-state index in [1.54, 1.807) is 0 Å². The lowest BCUT2D eigenvalue weighted by Gasteiger charge is -2.37. The van der Waals surface area contributed by atoms with Crippen LogP contribution in [0.5, 0.6) is 0 Å². The second-order valence-corrected chi connectivity index (χ2v) is 8.91. The Kier molecular flexibility index (Phi) is 6.99. The summed E-state index contributed by atoms with van der Waals surface area (Å²) in [4.78, 5) is 0. The molecule has 25 heavy (non-hydrogen) atoms. The molecule has 0 unspecified atom stereocenters. The normalized spacial score (nSPS) is 30.4. The molecule has 2 aliphatic rings. The molecule has 2 saturated carbocycles. The molecule has 3 rings (SSSR count). The summed E-state index contributed by atoms with van der Waals surface area (Å²) in [6, 6.07) is 6.78. The fourth-order valence-electron chi connectivity index (χ4n) is 5.45. The molecule has 2 aliphatic carbocycles. The monoisotopic (exact) mass is 342 g/mol. The van der Waals surface area contributed by atoms with Crippen molar-refractivity contribution in [3.05, 3.63) is 34.9 Å². The Balaban J connectivity index is 1.39. The lowest BCUT2D eigenvalue weighted by Crippen LogP contribution is -2.28. The number of hydrogen-bond donors (Lipinski definition) is 0. The van der Waals surface area contributed by atoms with Crippen LogP contribution in [0.1, 0.15) is 87.8 Å². The van der Waals surface area contributed by atoms with E-state index in [1.165, 1.54) is 80.9 Å². The van der Waals surface area contributed by atoms with E-state index >= 15 is 0 Å². The Labute approximate surface area is 155 Å². The lowest BCUT2D eigenvalue weighted by molar-refractivity contribution is -0.00287. The summed E-state index contributed by atoms with van der Waals surface area (Å²) in [5.41, 5.74) is 4.04. The predicted octanol–water partition coefficient (Wildman–Crippen LogP) is 6.99. The van der Waals surface area contributed by atoms with Gasteiger partial charge in [-0.05, 0) is 75.7 Å². The minimum absolute atomic E-state index is 0.494. The smallest absolute Gasteiger partial charge is 0.0720 e. The third kappa shape index (κ3) is 5.58. The molecule has 0 heterocycles. The maximum absolute atomic E-state index is 6.26. The van der Waals surface area contributed by atoms with Gasteiger partial charge in [0.1, 0.15) is 0 Å². The second kappa shape index (κ2) is 9.21. The van der Waals surface area contributed by atoms with Crippen LogP contribution in [-0.2, 0) is 11.3 Å². The Hall–Kier alpha value is -0.820. The van der Waals surface area contributed by atoms with E-state index in [0.717, 1.165) is 24.4 Å². The van der Waals surface area contributed by atoms with Crippen molar-refractivity contribution in [3.8, 4) is 0 Å². The number of hydrogen-bond acceptors (Lipinski definition) is 1. The van der Waals surface area contributed by atoms with Crippen molar-refractivity contribution in [2.45, 2.75) is 97.7 Å². The first-order valence-electron chi connectivity index (χ1n) is 10.8. The predicted molar refractivity (Wildman–Crippen MR) is 107 cm³/mol. The molecule has 0 spiro atoms. The van der Waals surface area contributed by atoms with E-state index in [0.29, 0.717) is 6.10 Å². The quantitative estimate of drug-likeness (QED) is 0.541. The molecule has 0 saturated heterocycles. The fourth-order valence-corrected chi connectivity index (χ4v) is 5.45. The van der Waals surface area contributed by atoms with Crippen LogP contribution in [0.25, 0.3) is 0 Å². The van der Waals surface area contributed by atoms with Crippen LogP contribution in [0.3, 0.4) is 0 Å². The highest BCUT2D eigenvalue weighted by Gasteiger charge is 2.30. The standard InChI is InChI=1S/C24H38O/c1-4-5-20-6-8-22(9-7-20)23-10-12-24(13-11-23)25-17-21-15-18(2)14-19(3)16-21/h14-16,20,22-24H,4-13,17H2,1-3H3. The Morgan fingerprint density at radius 2 is 1.36 bits per heavy atom. The van der Waals surface area contributed by atoms with Gasteiger partial charge in [0, 0.05) is 0 Å². The molecule has 1 aromatic carbocycles. The summed E-state index contributed by atoms with van der Waals surface area (Å²) in [5.74, 6) is 3.05. The zero-order valence-corrected chi connectivity index (χ0v) is 16.7. The van der Waals surface area contributed by atoms with Gasteiger partial charge in [-0.15, -0.1) is 0 Å². The molecule has 0 aliphatic heterocycles. The van der Waals surface area contributed by atoms with Gasteiger partial charge in [-0.3, -0.25) is 0 Å². The van der Waals surface area contributed by atoms with Crippen molar-refractivity contribution in [3.63, 3.8) is 0 Å². The second-order valence-electron chi connectivity index (χ2n) is 8.91. The van der Waals surface area contributed by atoms with Crippen LogP contribution in [0.4, 0.5) is 0 Å².